The van der Waals surface area contributed by atoms with Gasteiger partial charge in [0.25, 0.3) is 0 Å². The summed E-state index contributed by atoms with van der Waals surface area (Å²) in [5.41, 5.74) is 4.66. The Morgan fingerprint density at radius 2 is 1.52 bits per heavy atom. The van der Waals surface area contributed by atoms with Gasteiger partial charge in [0.1, 0.15) is 6.61 Å². The first-order valence-corrected chi connectivity index (χ1v) is 9.91. The topological polar surface area (TPSA) is 30.5 Å². The number of nitrogens with one attached hydrogen (secondary N) is 1. The van der Waals surface area contributed by atoms with Crippen molar-refractivity contribution in [3.8, 4) is 11.5 Å². The van der Waals surface area contributed by atoms with Crippen LogP contribution in [0.25, 0.3) is 0 Å². The van der Waals surface area contributed by atoms with Crippen molar-refractivity contribution in [1.82, 2.24) is 5.32 Å². The lowest BCUT2D eigenvalue weighted by atomic mass is 10.1. The Bertz CT molecular complexity index is 898. The van der Waals surface area contributed by atoms with Crippen molar-refractivity contribution in [2.45, 2.75) is 33.5 Å². The van der Waals surface area contributed by atoms with Crippen LogP contribution in [0.1, 0.15) is 29.2 Å². The molecule has 3 rings (SSSR count). The summed E-state index contributed by atoms with van der Waals surface area (Å²) in [6.07, 6.45) is 0. The van der Waals surface area contributed by atoms with Gasteiger partial charge in [-0.25, -0.2) is 0 Å². The lowest BCUT2D eigenvalue weighted by Crippen LogP contribution is -2.13. The molecular formula is C24H27Cl2NO2. The molecule has 0 aromatic heterocycles. The van der Waals surface area contributed by atoms with Gasteiger partial charge in [-0.05, 0) is 43.2 Å². The molecule has 0 spiro atoms. The number of benzene rings is 3. The Kier molecular flexibility index (Phi) is 9.33. The van der Waals surface area contributed by atoms with E-state index in [0.717, 1.165) is 35.7 Å². The molecule has 0 aliphatic heterocycles. The normalized spacial score (nSPS) is 10.3. The van der Waals surface area contributed by atoms with E-state index >= 15 is 0 Å². The molecule has 1 N–H and O–H groups in total. The van der Waals surface area contributed by atoms with Crippen LogP contribution in [0, 0.1) is 6.92 Å². The lowest BCUT2D eigenvalue weighted by molar-refractivity contribution is 0.269. The lowest BCUT2D eigenvalue weighted by Gasteiger charge is -2.14. The highest BCUT2D eigenvalue weighted by Gasteiger charge is 2.08. The van der Waals surface area contributed by atoms with Crippen molar-refractivity contribution in [3.63, 3.8) is 0 Å². The predicted molar refractivity (Wildman–Crippen MR) is 122 cm³/mol. The number of ether oxygens (including phenoxy) is 2. The largest absolute Gasteiger partial charge is 0.490 e. The molecule has 3 aromatic rings. The van der Waals surface area contributed by atoms with E-state index in [9.17, 15) is 0 Å². The summed E-state index contributed by atoms with van der Waals surface area (Å²) >= 11 is 6.21. The van der Waals surface area contributed by atoms with Gasteiger partial charge in [0.2, 0.25) is 0 Å². The minimum Gasteiger partial charge on any atom is -0.490 e. The molecule has 0 atom stereocenters. The maximum absolute atomic E-state index is 6.21. The third kappa shape index (κ3) is 6.97. The SMILES string of the molecule is CCOc1cc(CNCc2ccc(C)cc2)ccc1OCc1ccccc1Cl.Cl. The molecule has 0 heterocycles. The second-order valence-electron chi connectivity index (χ2n) is 6.68. The van der Waals surface area contributed by atoms with Crippen molar-refractivity contribution in [2.75, 3.05) is 6.61 Å². The molecule has 0 saturated carbocycles. The molecule has 0 amide bonds. The van der Waals surface area contributed by atoms with E-state index in [-0.39, 0.29) is 12.4 Å². The standard InChI is InChI=1S/C24H26ClNO2.ClH/c1-3-27-24-14-20(16-26-15-19-10-8-18(2)9-11-19)12-13-23(24)28-17-21-6-4-5-7-22(21)25;/h4-14,26H,3,15-17H2,1-2H3;1H. The molecule has 0 radical (unpaired) electrons. The Morgan fingerprint density at radius 3 is 2.24 bits per heavy atom. The van der Waals surface area contributed by atoms with Crippen molar-refractivity contribution >= 4 is 24.0 Å². The fraction of sp³-hybridized carbons (Fsp3) is 0.250. The first kappa shape index (κ1) is 23.1. The van der Waals surface area contributed by atoms with E-state index in [1.807, 2.05) is 43.3 Å². The summed E-state index contributed by atoms with van der Waals surface area (Å²) in [6, 6.07) is 22.3. The smallest absolute Gasteiger partial charge is 0.161 e. The van der Waals surface area contributed by atoms with Crippen molar-refractivity contribution in [1.29, 1.82) is 0 Å². The van der Waals surface area contributed by atoms with E-state index in [4.69, 9.17) is 21.1 Å². The monoisotopic (exact) mass is 431 g/mol. The molecule has 0 aliphatic rings. The van der Waals surface area contributed by atoms with E-state index in [2.05, 4.69) is 42.6 Å². The van der Waals surface area contributed by atoms with Crippen molar-refractivity contribution in [2.24, 2.45) is 0 Å². The first-order chi connectivity index (χ1) is 13.7. The van der Waals surface area contributed by atoms with Crippen molar-refractivity contribution < 1.29 is 9.47 Å². The van der Waals surface area contributed by atoms with Crippen LogP contribution < -0.4 is 14.8 Å². The zero-order valence-corrected chi connectivity index (χ0v) is 18.4. The number of hydrogen-bond donors (Lipinski definition) is 1. The van der Waals surface area contributed by atoms with Crippen LogP contribution in [0.2, 0.25) is 5.02 Å². The maximum Gasteiger partial charge on any atom is 0.161 e. The number of halogens is 2. The first-order valence-electron chi connectivity index (χ1n) is 9.54. The van der Waals surface area contributed by atoms with Gasteiger partial charge in [-0.2, -0.15) is 0 Å². The van der Waals surface area contributed by atoms with Gasteiger partial charge in [0.05, 0.1) is 6.61 Å². The summed E-state index contributed by atoms with van der Waals surface area (Å²) in [4.78, 5) is 0. The Hall–Kier alpha value is -2.20. The maximum atomic E-state index is 6.21. The summed E-state index contributed by atoms with van der Waals surface area (Å²) in [7, 11) is 0. The van der Waals surface area contributed by atoms with Crippen LogP contribution >= 0.6 is 24.0 Å². The number of rotatable bonds is 9. The average molecular weight is 432 g/mol. The second kappa shape index (κ2) is 11.7. The molecule has 0 aliphatic carbocycles. The highest BCUT2D eigenvalue weighted by atomic mass is 35.5. The van der Waals surface area contributed by atoms with Gasteiger partial charge in [0.15, 0.2) is 11.5 Å². The third-order valence-corrected chi connectivity index (χ3v) is 4.80. The van der Waals surface area contributed by atoms with Gasteiger partial charge in [-0.15, -0.1) is 12.4 Å². The Balaban J connectivity index is 0.00000300. The molecule has 29 heavy (non-hydrogen) atoms. The summed E-state index contributed by atoms with van der Waals surface area (Å²) in [5, 5.41) is 4.18. The molecule has 0 bridgehead atoms. The Morgan fingerprint density at radius 1 is 0.828 bits per heavy atom. The second-order valence-corrected chi connectivity index (χ2v) is 7.09. The molecular weight excluding hydrogens is 405 g/mol. The van der Waals surface area contributed by atoms with Gasteiger partial charge in [-0.3, -0.25) is 0 Å². The van der Waals surface area contributed by atoms with Gasteiger partial charge in [-0.1, -0.05) is 65.7 Å². The Labute approximate surface area is 184 Å². The van der Waals surface area contributed by atoms with Crippen LogP contribution in [0.4, 0.5) is 0 Å². The quantitative estimate of drug-likeness (QED) is 0.428. The molecule has 3 aromatic carbocycles. The summed E-state index contributed by atoms with van der Waals surface area (Å²) in [5.74, 6) is 1.48. The van der Waals surface area contributed by atoms with Crippen LogP contribution in [-0.2, 0) is 19.7 Å². The number of hydrogen-bond acceptors (Lipinski definition) is 3. The van der Waals surface area contributed by atoms with E-state index in [0.29, 0.717) is 18.2 Å². The number of aryl methyl sites for hydroxylation is 1. The predicted octanol–water partition coefficient (Wildman–Crippen LogP) is 6.34. The van der Waals surface area contributed by atoms with Gasteiger partial charge >= 0.3 is 0 Å². The van der Waals surface area contributed by atoms with Crippen LogP contribution in [0.5, 0.6) is 11.5 Å². The zero-order valence-electron chi connectivity index (χ0n) is 16.8. The zero-order chi connectivity index (χ0) is 19.8. The van der Waals surface area contributed by atoms with E-state index in [1.165, 1.54) is 11.1 Å². The molecule has 154 valence electrons. The fourth-order valence-electron chi connectivity index (χ4n) is 2.88. The van der Waals surface area contributed by atoms with E-state index in [1.54, 1.807) is 0 Å². The molecule has 0 unspecified atom stereocenters. The van der Waals surface area contributed by atoms with Crippen LogP contribution in [-0.4, -0.2) is 6.61 Å². The van der Waals surface area contributed by atoms with Gasteiger partial charge < -0.3 is 14.8 Å². The third-order valence-electron chi connectivity index (χ3n) is 4.43. The highest BCUT2D eigenvalue weighted by Crippen LogP contribution is 2.30. The average Bonchev–Trinajstić information content (AvgIpc) is 2.70. The molecule has 3 nitrogen and oxygen atoms in total. The molecule has 0 fully saturated rings. The summed E-state index contributed by atoms with van der Waals surface area (Å²) < 4.78 is 11.8. The molecule has 0 saturated heterocycles. The minimum atomic E-state index is 0. The molecule has 5 heteroatoms. The minimum absolute atomic E-state index is 0. The van der Waals surface area contributed by atoms with Gasteiger partial charge in [0, 0.05) is 23.7 Å². The van der Waals surface area contributed by atoms with Crippen LogP contribution in [0.15, 0.2) is 66.7 Å². The van der Waals surface area contributed by atoms with Crippen molar-refractivity contribution in [3.05, 3.63) is 94.0 Å². The van der Waals surface area contributed by atoms with Crippen LogP contribution in [0.3, 0.4) is 0 Å². The fourth-order valence-corrected chi connectivity index (χ4v) is 3.07. The van der Waals surface area contributed by atoms with E-state index < -0.39 is 0 Å². The summed E-state index contributed by atoms with van der Waals surface area (Å²) in [6.45, 7) is 6.66. The highest BCUT2D eigenvalue weighted by molar-refractivity contribution is 6.31.